The van der Waals surface area contributed by atoms with E-state index in [1.165, 1.54) is 0 Å². The van der Waals surface area contributed by atoms with Gasteiger partial charge < -0.3 is 5.11 Å². The highest BCUT2D eigenvalue weighted by atomic mass is 16.3. The third kappa shape index (κ3) is 1.51. The molecule has 0 saturated carbocycles. The summed E-state index contributed by atoms with van der Waals surface area (Å²) in [6.45, 7) is 4.26. The van der Waals surface area contributed by atoms with Crippen molar-refractivity contribution < 1.29 is 9.90 Å². The van der Waals surface area contributed by atoms with E-state index in [-0.39, 0.29) is 17.9 Å². The van der Waals surface area contributed by atoms with E-state index >= 15 is 0 Å². The Kier molecular flexibility index (Phi) is 2.14. The highest BCUT2D eigenvalue weighted by Gasteiger charge is 2.33. The second-order valence-corrected chi connectivity index (χ2v) is 3.74. The summed E-state index contributed by atoms with van der Waals surface area (Å²) in [6, 6.07) is 0. The van der Waals surface area contributed by atoms with Crippen LogP contribution in [0.5, 0.6) is 0 Å². The number of hydrogen-bond donors (Lipinski definition) is 1. The van der Waals surface area contributed by atoms with E-state index < -0.39 is 0 Å². The second-order valence-electron chi connectivity index (χ2n) is 3.74. The molecule has 0 saturated heterocycles. The molecule has 0 spiro atoms. The van der Waals surface area contributed by atoms with Gasteiger partial charge in [0.1, 0.15) is 6.29 Å². The zero-order valence-corrected chi connectivity index (χ0v) is 7.00. The predicted molar refractivity (Wildman–Crippen MR) is 43.1 cm³/mol. The van der Waals surface area contributed by atoms with Crippen LogP contribution in [0.15, 0.2) is 11.6 Å². The molecule has 1 N–H and O–H groups in total. The third-order valence-corrected chi connectivity index (χ3v) is 2.46. The van der Waals surface area contributed by atoms with Crippen LogP contribution in [0.25, 0.3) is 0 Å². The Hall–Kier alpha value is -0.630. The van der Waals surface area contributed by atoms with Gasteiger partial charge in [-0.05, 0) is 23.3 Å². The van der Waals surface area contributed by atoms with E-state index in [1.807, 2.05) is 19.9 Å². The van der Waals surface area contributed by atoms with Crippen LogP contribution in [0, 0.1) is 11.3 Å². The molecule has 0 fully saturated rings. The number of rotatable bonds is 2. The summed E-state index contributed by atoms with van der Waals surface area (Å²) in [6.07, 6.45) is 3.57. The minimum absolute atomic E-state index is 0.00894. The smallest absolute Gasteiger partial charge is 0.145 e. The Morgan fingerprint density at radius 3 is 2.73 bits per heavy atom. The first-order valence-corrected chi connectivity index (χ1v) is 3.88. The van der Waals surface area contributed by atoms with Crippen LogP contribution in [0.3, 0.4) is 0 Å². The summed E-state index contributed by atoms with van der Waals surface area (Å²) < 4.78 is 0. The number of hydrogen-bond acceptors (Lipinski definition) is 2. The molecule has 1 unspecified atom stereocenters. The van der Waals surface area contributed by atoms with E-state index in [9.17, 15) is 4.79 Å². The molecule has 1 aliphatic carbocycles. The highest BCUT2D eigenvalue weighted by molar-refractivity contribution is 5.74. The molecule has 0 aromatic rings. The summed E-state index contributed by atoms with van der Waals surface area (Å²) in [5.41, 5.74) is 0.819. The Morgan fingerprint density at radius 2 is 2.45 bits per heavy atom. The SMILES string of the molecule is CC1(C)C=C(C=O)CC1CO. The Balaban J connectivity index is 2.77. The van der Waals surface area contributed by atoms with E-state index in [0.717, 1.165) is 18.3 Å². The molecule has 2 heteroatoms. The lowest BCUT2D eigenvalue weighted by Crippen LogP contribution is -2.20. The lowest BCUT2D eigenvalue weighted by atomic mass is 9.83. The van der Waals surface area contributed by atoms with Crippen molar-refractivity contribution in [3.63, 3.8) is 0 Å². The molecule has 0 radical (unpaired) electrons. The van der Waals surface area contributed by atoms with Crippen LogP contribution in [-0.2, 0) is 4.79 Å². The van der Waals surface area contributed by atoms with Gasteiger partial charge in [0.2, 0.25) is 0 Å². The number of aliphatic hydroxyl groups is 1. The molecule has 0 heterocycles. The number of aliphatic hydroxyl groups excluding tert-OH is 1. The minimum Gasteiger partial charge on any atom is -0.396 e. The number of aldehydes is 1. The van der Waals surface area contributed by atoms with Crippen molar-refractivity contribution in [2.24, 2.45) is 11.3 Å². The molecular weight excluding hydrogens is 140 g/mol. The van der Waals surface area contributed by atoms with Crippen molar-refractivity contribution in [1.82, 2.24) is 0 Å². The van der Waals surface area contributed by atoms with Crippen molar-refractivity contribution >= 4 is 6.29 Å². The molecular formula is C9H14O2. The zero-order chi connectivity index (χ0) is 8.48. The van der Waals surface area contributed by atoms with Crippen LogP contribution in [-0.4, -0.2) is 18.0 Å². The van der Waals surface area contributed by atoms with Crippen LogP contribution in [0.1, 0.15) is 20.3 Å². The van der Waals surface area contributed by atoms with Crippen molar-refractivity contribution in [2.75, 3.05) is 6.61 Å². The molecule has 0 amide bonds. The first-order chi connectivity index (χ1) is 5.10. The maximum atomic E-state index is 10.4. The average Bonchev–Trinajstić information content (AvgIpc) is 2.24. The van der Waals surface area contributed by atoms with Gasteiger partial charge >= 0.3 is 0 Å². The number of carbonyl (C=O) groups is 1. The van der Waals surface area contributed by atoms with Gasteiger partial charge in [-0.15, -0.1) is 0 Å². The van der Waals surface area contributed by atoms with Gasteiger partial charge in [0.15, 0.2) is 0 Å². The first-order valence-electron chi connectivity index (χ1n) is 3.88. The van der Waals surface area contributed by atoms with Gasteiger partial charge in [-0.2, -0.15) is 0 Å². The van der Waals surface area contributed by atoms with E-state index in [1.54, 1.807) is 0 Å². The Bertz CT molecular complexity index is 192. The van der Waals surface area contributed by atoms with Gasteiger partial charge in [0.05, 0.1) is 0 Å². The molecule has 11 heavy (non-hydrogen) atoms. The fourth-order valence-corrected chi connectivity index (χ4v) is 1.58. The molecule has 0 aromatic carbocycles. The molecule has 62 valence electrons. The fourth-order valence-electron chi connectivity index (χ4n) is 1.58. The summed E-state index contributed by atoms with van der Waals surface area (Å²) in [4.78, 5) is 10.4. The normalized spacial score (nSPS) is 28.3. The van der Waals surface area contributed by atoms with Gasteiger partial charge in [-0.3, -0.25) is 4.79 Å². The van der Waals surface area contributed by atoms with Crippen LogP contribution in [0.4, 0.5) is 0 Å². The lowest BCUT2D eigenvalue weighted by molar-refractivity contribution is -0.105. The Labute approximate surface area is 66.9 Å². The maximum Gasteiger partial charge on any atom is 0.145 e. The topological polar surface area (TPSA) is 37.3 Å². The molecule has 0 aliphatic heterocycles. The fraction of sp³-hybridized carbons (Fsp3) is 0.667. The largest absolute Gasteiger partial charge is 0.396 e. The van der Waals surface area contributed by atoms with Crippen LogP contribution >= 0.6 is 0 Å². The standard InChI is InChI=1S/C9H14O2/c1-9(2)4-7(5-10)3-8(9)6-11/h4-5,8,11H,3,6H2,1-2H3. The van der Waals surface area contributed by atoms with Crippen molar-refractivity contribution in [3.05, 3.63) is 11.6 Å². The van der Waals surface area contributed by atoms with E-state index in [2.05, 4.69) is 0 Å². The molecule has 0 aromatic heterocycles. The van der Waals surface area contributed by atoms with Crippen LogP contribution < -0.4 is 0 Å². The van der Waals surface area contributed by atoms with Crippen LogP contribution in [0.2, 0.25) is 0 Å². The summed E-state index contributed by atoms with van der Waals surface area (Å²) in [5, 5.41) is 8.97. The molecule has 1 aliphatic rings. The highest BCUT2D eigenvalue weighted by Crippen LogP contribution is 2.39. The maximum absolute atomic E-state index is 10.4. The van der Waals surface area contributed by atoms with E-state index in [4.69, 9.17) is 5.11 Å². The zero-order valence-electron chi connectivity index (χ0n) is 7.00. The quantitative estimate of drug-likeness (QED) is 0.606. The third-order valence-electron chi connectivity index (χ3n) is 2.46. The lowest BCUT2D eigenvalue weighted by Gasteiger charge is -2.23. The summed E-state index contributed by atoms with van der Waals surface area (Å²) >= 11 is 0. The van der Waals surface area contributed by atoms with Crippen molar-refractivity contribution in [1.29, 1.82) is 0 Å². The van der Waals surface area contributed by atoms with Gasteiger partial charge in [-0.1, -0.05) is 19.9 Å². The van der Waals surface area contributed by atoms with Crippen molar-refractivity contribution in [3.8, 4) is 0 Å². The minimum atomic E-state index is -0.00894. The second kappa shape index (κ2) is 2.78. The molecule has 1 atom stereocenters. The molecule has 1 rings (SSSR count). The molecule has 2 nitrogen and oxygen atoms in total. The van der Waals surface area contributed by atoms with Crippen molar-refractivity contribution in [2.45, 2.75) is 20.3 Å². The van der Waals surface area contributed by atoms with E-state index in [0.29, 0.717) is 0 Å². The van der Waals surface area contributed by atoms with Gasteiger partial charge in [0.25, 0.3) is 0 Å². The predicted octanol–water partition coefficient (Wildman–Crippen LogP) is 1.15. The number of carbonyl (C=O) groups excluding carboxylic acids is 1. The van der Waals surface area contributed by atoms with Gasteiger partial charge in [-0.25, -0.2) is 0 Å². The Morgan fingerprint density at radius 1 is 1.82 bits per heavy atom. The average molecular weight is 154 g/mol. The monoisotopic (exact) mass is 154 g/mol. The molecule has 0 bridgehead atoms. The summed E-state index contributed by atoms with van der Waals surface area (Å²) in [5.74, 6) is 0.225. The number of allylic oxidation sites excluding steroid dienone is 2. The first kappa shape index (κ1) is 8.47. The summed E-state index contributed by atoms with van der Waals surface area (Å²) in [7, 11) is 0. The van der Waals surface area contributed by atoms with Gasteiger partial charge in [0, 0.05) is 6.61 Å².